The van der Waals surface area contributed by atoms with E-state index in [2.05, 4.69) is 12.2 Å². The van der Waals surface area contributed by atoms with E-state index in [-0.39, 0.29) is 5.75 Å². The average molecular weight is 223 g/mol. The fourth-order valence-corrected chi connectivity index (χ4v) is 1.60. The summed E-state index contributed by atoms with van der Waals surface area (Å²) < 4.78 is 4.79. The lowest BCUT2D eigenvalue weighted by molar-refractivity contribution is 0.373. The van der Waals surface area contributed by atoms with E-state index in [9.17, 15) is 0 Å². The summed E-state index contributed by atoms with van der Waals surface area (Å²) in [4.78, 5) is 0. The molecule has 1 aliphatic rings. The second-order valence-electron chi connectivity index (χ2n) is 4.10. The zero-order valence-corrected chi connectivity index (χ0v) is 10.1. The predicted molar refractivity (Wildman–Crippen MR) is 65.9 cm³/mol. The quantitative estimate of drug-likeness (QED) is 0.768. The van der Waals surface area contributed by atoms with Crippen LogP contribution in [0.2, 0.25) is 0 Å². The Bertz CT molecular complexity index is 296. The van der Waals surface area contributed by atoms with Crippen molar-refractivity contribution in [3.63, 3.8) is 0 Å². The molecule has 1 saturated heterocycles. The van der Waals surface area contributed by atoms with Crippen molar-refractivity contribution < 1.29 is 9.84 Å². The first-order chi connectivity index (χ1) is 7.74. The molecule has 0 radical (unpaired) electrons. The van der Waals surface area contributed by atoms with Crippen LogP contribution in [-0.4, -0.2) is 25.3 Å². The summed E-state index contributed by atoms with van der Waals surface area (Å²) in [5.41, 5.74) is 0. The van der Waals surface area contributed by atoms with E-state index in [1.807, 2.05) is 0 Å². The van der Waals surface area contributed by atoms with Gasteiger partial charge in [0.2, 0.25) is 0 Å². The lowest BCUT2D eigenvalue weighted by Crippen LogP contribution is -2.26. The summed E-state index contributed by atoms with van der Waals surface area (Å²) in [6.45, 7) is 4.79. The predicted octanol–water partition coefficient (Wildman–Crippen LogP) is 2.41. The van der Waals surface area contributed by atoms with Crippen LogP contribution in [-0.2, 0) is 0 Å². The number of phenols is 1. The topological polar surface area (TPSA) is 41.5 Å². The lowest BCUT2D eigenvalue weighted by atomic mass is 10.0. The molecular formula is C13H21NO2. The van der Waals surface area contributed by atoms with Crippen LogP contribution in [0.1, 0.15) is 19.8 Å². The number of ether oxygens (including phenoxy) is 1. The Balaban J connectivity index is 0.000000165. The second kappa shape index (κ2) is 7.12. The summed E-state index contributed by atoms with van der Waals surface area (Å²) in [6.07, 6.45) is 2.75. The molecular weight excluding hydrogens is 202 g/mol. The van der Waals surface area contributed by atoms with E-state index in [0.29, 0.717) is 5.75 Å². The third-order valence-electron chi connectivity index (χ3n) is 2.71. The molecule has 16 heavy (non-hydrogen) atoms. The molecule has 0 atom stereocenters. The highest BCUT2D eigenvalue weighted by atomic mass is 16.5. The number of rotatable bonds is 1. The van der Waals surface area contributed by atoms with Gasteiger partial charge in [0.05, 0.1) is 7.11 Å². The summed E-state index contributed by atoms with van der Waals surface area (Å²) >= 11 is 0. The van der Waals surface area contributed by atoms with E-state index in [0.717, 1.165) is 5.92 Å². The van der Waals surface area contributed by atoms with Gasteiger partial charge in [-0.2, -0.15) is 0 Å². The van der Waals surface area contributed by atoms with Gasteiger partial charge in [-0.3, -0.25) is 0 Å². The Labute approximate surface area is 97.4 Å². The van der Waals surface area contributed by atoms with Crippen LogP contribution in [0.5, 0.6) is 11.5 Å². The maximum absolute atomic E-state index is 8.99. The summed E-state index contributed by atoms with van der Waals surface area (Å²) in [5, 5.41) is 12.3. The van der Waals surface area contributed by atoms with E-state index in [4.69, 9.17) is 9.84 Å². The number of nitrogens with one attached hydrogen (secondary N) is 1. The molecule has 1 aromatic rings. The number of benzene rings is 1. The smallest absolute Gasteiger partial charge is 0.160 e. The molecule has 2 rings (SSSR count). The minimum Gasteiger partial charge on any atom is -0.504 e. The molecule has 3 heteroatoms. The van der Waals surface area contributed by atoms with Crippen LogP contribution in [0.15, 0.2) is 24.3 Å². The zero-order valence-electron chi connectivity index (χ0n) is 10.1. The molecule has 0 bridgehead atoms. The Morgan fingerprint density at radius 3 is 2.25 bits per heavy atom. The van der Waals surface area contributed by atoms with Crippen LogP contribution in [0.25, 0.3) is 0 Å². The van der Waals surface area contributed by atoms with Crippen LogP contribution in [0, 0.1) is 5.92 Å². The van der Waals surface area contributed by atoms with Crippen molar-refractivity contribution in [1.82, 2.24) is 5.32 Å². The first kappa shape index (κ1) is 12.8. The van der Waals surface area contributed by atoms with Gasteiger partial charge >= 0.3 is 0 Å². The summed E-state index contributed by atoms with van der Waals surface area (Å²) in [7, 11) is 1.52. The van der Waals surface area contributed by atoms with Gasteiger partial charge in [-0.25, -0.2) is 0 Å². The number of phenolic OH excluding ortho intramolecular Hbond substituents is 1. The summed E-state index contributed by atoms with van der Waals surface area (Å²) in [6, 6.07) is 6.84. The Morgan fingerprint density at radius 1 is 1.25 bits per heavy atom. The molecule has 0 aliphatic carbocycles. The van der Waals surface area contributed by atoms with Gasteiger partial charge in [-0.1, -0.05) is 19.1 Å². The molecule has 1 fully saturated rings. The van der Waals surface area contributed by atoms with E-state index in [1.165, 1.54) is 33.0 Å². The standard InChI is InChI=1S/C7H8O2.C6H13N/c1-9-7-5-3-2-4-6(7)8;1-6-2-4-7-5-3-6/h2-5,8H,1H3;6-7H,2-5H2,1H3. The van der Waals surface area contributed by atoms with Gasteiger partial charge in [0.25, 0.3) is 0 Å². The molecule has 0 aromatic heterocycles. The van der Waals surface area contributed by atoms with Crippen molar-refractivity contribution in [2.75, 3.05) is 20.2 Å². The number of hydrogen-bond acceptors (Lipinski definition) is 3. The van der Waals surface area contributed by atoms with Gasteiger partial charge < -0.3 is 15.2 Å². The fourth-order valence-electron chi connectivity index (χ4n) is 1.60. The van der Waals surface area contributed by atoms with Crippen molar-refractivity contribution in [2.45, 2.75) is 19.8 Å². The SMILES string of the molecule is CC1CCNCC1.COc1ccccc1O. The normalized spacial score (nSPS) is 16.1. The summed E-state index contributed by atoms with van der Waals surface area (Å²) in [5.74, 6) is 1.67. The molecule has 0 saturated carbocycles. The lowest BCUT2D eigenvalue weighted by Gasteiger charge is -2.17. The number of hydrogen-bond donors (Lipinski definition) is 2. The number of methoxy groups -OCH3 is 1. The number of aromatic hydroxyl groups is 1. The Morgan fingerprint density at radius 2 is 1.88 bits per heavy atom. The molecule has 1 aliphatic heterocycles. The van der Waals surface area contributed by atoms with Crippen LogP contribution < -0.4 is 10.1 Å². The van der Waals surface area contributed by atoms with Crippen molar-refractivity contribution in [2.24, 2.45) is 5.92 Å². The fraction of sp³-hybridized carbons (Fsp3) is 0.538. The van der Waals surface area contributed by atoms with Gasteiger partial charge in [0.1, 0.15) is 0 Å². The van der Waals surface area contributed by atoms with Crippen molar-refractivity contribution >= 4 is 0 Å². The van der Waals surface area contributed by atoms with Crippen molar-refractivity contribution in [1.29, 1.82) is 0 Å². The molecule has 1 heterocycles. The van der Waals surface area contributed by atoms with E-state index >= 15 is 0 Å². The molecule has 0 spiro atoms. The Kier molecular flexibility index (Phi) is 5.72. The largest absolute Gasteiger partial charge is 0.504 e. The average Bonchev–Trinajstić information content (AvgIpc) is 2.31. The van der Waals surface area contributed by atoms with Gasteiger partial charge in [0.15, 0.2) is 11.5 Å². The highest BCUT2D eigenvalue weighted by Crippen LogP contribution is 2.22. The second-order valence-corrected chi connectivity index (χ2v) is 4.10. The highest BCUT2D eigenvalue weighted by molar-refractivity contribution is 5.37. The molecule has 0 unspecified atom stereocenters. The molecule has 90 valence electrons. The maximum atomic E-state index is 8.99. The van der Waals surface area contributed by atoms with Crippen LogP contribution >= 0.6 is 0 Å². The zero-order chi connectivity index (χ0) is 11.8. The number of piperidine rings is 1. The first-order valence-corrected chi connectivity index (χ1v) is 5.76. The molecule has 3 nitrogen and oxygen atoms in total. The third-order valence-corrected chi connectivity index (χ3v) is 2.71. The van der Waals surface area contributed by atoms with Gasteiger partial charge in [-0.05, 0) is 44.0 Å². The van der Waals surface area contributed by atoms with E-state index in [1.54, 1.807) is 24.3 Å². The molecule has 2 N–H and O–H groups in total. The monoisotopic (exact) mass is 223 g/mol. The van der Waals surface area contributed by atoms with Crippen molar-refractivity contribution in [3.05, 3.63) is 24.3 Å². The minimum atomic E-state index is 0.181. The van der Waals surface area contributed by atoms with Crippen molar-refractivity contribution in [3.8, 4) is 11.5 Å². The maximum Gasteiger partial charge on any atom is 0.160 e. The Hall–Kier alpha value is -1.22. The molecule has 0 amide bonds. The molecule has 1 aromatic carbocycles. The minimum absolute atomic E-state index is 0.181. The van der Waals surface area contributed by atoms with Gasteiger partial charge in [-0.15, -0.1) is 0 Å². The first-order valence-electron chi connectivity index (χ1n) is 5.76. The van der Waals surface area contributed by atoms with Crippen LogP contribution in [0.3, 0.4) is 0 Å². The highest BCUT2D eigenvalue weighted by Gasteiger charge is 2.05. The third kappa shape index (κ3) is 4.53. The van der Waals surface area contributed by atoms with Crippen LogP contribution in [0.4, 0.5) is 0 Å². The van der Waals surface area contributed by atoms with Gasteiger partial charge in [0, 0.05) is 0 Å². The number of para-hydroxylation sites is 2. The van der Waals surface area contributed by atoms with E-state index < -0.39 is 0 Å².